The number of likely N-dealkylation sites (tertiary alicyclic amines) is 1. The second-order valence-corrected chi connectivity index (χ2v) is 12.3. The van der Waals surface area contributed by atoms with Crippen LogP contribution in [-0.2, 0) is 9.84 Å². The van der Waals surface area contributed by atoms with Gasteiger partial charge in [-0.05, 0) is 68.1 Å². The highest BCUT2D eigenvalue weighted by Crippen LogP contribution is 2.44. The third-order valence-corrected chi connectivity index (χ3v) is 9.99. The van der Waals surface area contributed by atoms with Crippen LogP contribution in [0.4, 0.5) is 0 Å². The molecule has 0 radical (unpaired) electrons. The van der Waals surface area contributed by atoms with Crippen molar-refractivity contribution in [3.05, 3.63) is 0 Å². The number of sulfone groups is 1. The number of aliphatic imine (C=N–C) groups is 1. The van der Waals surface area contributed by atoms with Crippen LogP contribution >= 0.6 is 24.0 Å². The van der Waals surface area contributed by atoms with Crippen molar-refractivity contribution in [3.8, 4) is 0 Å². The molecule has 0 amide bonds. The average Bonchev–Trinajstić information content (AvgIpc) is 3.41. The summed E-state index contributed by atoms with van der Waals surface area (Å²) in [6, 6.07) is 0.595. The largest absolute Gasteiger partial charge is 0.353 e. The Morgan fingerprint density at radius 2 is 1.71 bits per heavy atom. The monoisotopic (exact) mass is 521 g/mol. The van der Waals surface area contributed by atoms with Gasteiger partial charge >= 0.3 is 0 Å². The van der Waals surface area contributed by atoms with Gasteiger partial charge in [0.1, 0.15) is 0 Å². The van der Waals surface area contributed by atoms with E-state index in [0.717, 1.165) is 49.1 Å². The third kappa shape index (κ3) is 4.49. The second kappa shape index (κ2) is 8.60. The Hall–Kier alpha value is -0.0500. The van der Waals surface area contributed by atoms with E-state index in [4.69, 9.17) is 4.99 Å². The van der Waals surface area contributed by atoms with Crippen molar-refractivity contribution in [2.24, 2.45) is 34.6 Å². The van der Waals surface area contributed by atoms with Crippen LogP contribution in [-0.4, -0.2) is 56.5 Å². The van der Waals surface area contributed by atoms with Gasteiger partial charge in [0.2, 0.25) is 0 Å². The first kappa shape index (κ1) is 21.2. The Morgan fingerprint density at radius 3 is 2.29 bits per heavy atom. The second-order valence-electron chi connectivity index (χ2n) is 10.1. The SMILES string of the molecule is I.O=S1(=O)CCC(CN=C(NC2CC3CCC2C3)N2CC3CCCCC3C2)C1. The minimum Gasteiger partial charge on any atom is -0.353 e. The van der Waals surface area contributed by atoms with Gasteiger partial charge in [0, 0.05) is 25.7 Å². The zero-order chi connectivity index (χ0) is 18.4. The molecule has 3 saturated carbocycles. The van der Waals surface area contributed by atoms with Crippen molar-refractivity contribution in [1.29, 1.82) is 0 Å². The van der Waals surface area contributed by atoms with Crippen molar-refractivity contribution in [3.63, 3.8) is 0 Å². The molecule has 7 heteroatoms. The third-order valence-electron chi connectivity index (χ3n) is 8.15. The van der Waals surface area contributed by atoms with Gasteiger partial charge in [0.05, 0.1) is 11.5 Å². The molecule has 2 heterocycles. The van der Waals surface area contributed by atoms with Crippen LogP contribution in [0.15, 0.2) is 4.99 Å². The molecule has 160 valence electrons. The smallest absolute Gasteiger partial charge is 0.194 e. The number of nitrogens with one attached hydrogen (secondary N) is 1. The quantitative estimate of drug-likeness (QED) is 0.352. The van der Waals surface area contributed by atoms with Gasteiger partial charge in [-0.15, -0.1) is 24.0 Å². The first-order chi connectivity index (χ1) is 13.1. The van der Waals surface area contributed by atoms with E-state index in [0.29, 0.717) is 24.1 Å². The molecular weight excluding hydrogens is 485 g/mol. The molecule has 3 aliphatic carbocycles. The van der Waals surface area contributed by atoms with Gasteiger partial charge in [0.25, 0.3) is 0 Å². The molecule has 0 aromatic rings. The van der Waals surface area contributed by atoms with E-state index in [1.807, 2.05) is 0 Å². The summed E-state index contributed by atoms with van der Waals surface area (Å²) in [7, 11) is -2.81. The number of hydrogen-bond acceptors (Lipinski definition) is 3. The van der Waals surface area contributed by atoms with Gasteiger partial charge in [0.15, 0.2) is 15.8 Å². The van der Waals surface area contributed by atoms with Crippen LogP contribution < -0.4 is 5.32 Å². The zero-order valence-electron chi connectivity index (χ0n) is 16.9. The summed E-state index contributed by atoms with van der Waals surface area (Å²) >= 11 is 0. The van der Waals surface area contributed by atoms with E-state index in [9.17, 15) is 8.42 Å². The number of guanidine groups is 1. The van der Waals surface area contributed by atoms with Gasteiger partial charge < -0.3 is 10.2 Å². The molecule has 5 aliphatic rings. The van der Waals surface area contributed by atoms with E-state index in [1.165, 1.54) is 51.4 Å². The highest BCUT2D eigenvalue weighted by atomic mass is 127. The van der Waals surface area contributed by atoms with Crippen molar-refractivity contribution in [1.82, 2.24) is 10.2 Å². The minimum absolute atomic E-state index is 0. The normalized spacial score (nSPS) is 41.7. The Bertz CT molecular complexity index is 684. The summed E-state index contributed by atoms with van der Waals surface area (Å²) in [5, 5.41) is 3.87. The first-order valence-corrected chi connectivity index (χ1v) is 13.1. The van der Waals surface area contributed by atoms with Crippen LogP contribution in [0, 0.1) is 29.6 Å². The van der Waals surface area contributed by atoms with Crippen LogP contribution in [0.1, 0.15) is 57.8 Å². The summed E-state index contributed by atoms with van der Waals surface area (Å²) in [5.41, 5.74) is 0. The molecule has 2 aliphatic heterocycles. The molecule has 1 N–H and O–H groups in total. The predicted molar refractivity (Wildman–Crippen MR) is 124 cm³/mol. The number of halogens is 1. The summed E-state index contributed by atoms with van der Waals surface area (Å²) in [4.78, 5) is 7.55. The van der Waals surface area contributed by atoms with E-state index in [1.54, 1.807) is 0 Å². The van der Waals surface area contributed by atoms with Gasteiger partial charge in [-0.3, -0.25) is 4.99 Å². The lowest BCUT2D eigenvalue weighted by Gasteiger charge is -2.30. The van der Waals surface area contributed by atoms with E-state index in [2.05, 4.69) is 10.2 Å². The fraction of sp³-hybridized carbons (Fsp3) is 0.952. The number of rotatable bonds is 3. The van der Waals surface area contributed by atoms with Crippen molar-refractivity contribution >= 4 is 39.8 Å². The molecular formula is C21H36IN3O2S. The summed E-state index contributed by atoms with van der Waals surface area (Å²) < 4.78 is 23.6. The van der Waals surface area contributed by atoms with Crippen LogP contribution in [0.5, 0.6) is 0 Å². The Labute approximate surface area is 187 Å². The van der Waals surface area contributed by atoms with Crippen molar-refractivity contribution in [2.45, 2.75) is 63.8 Å². The van der Waals surface area contributed by atoms with E-state index in [-0.39, 0.29) is 29.9 Å². The number of hydrogen-bond donors (Lipinski definition) is 1. The van der Waals surface area contributed by atoms with Crippen LogP contribution in [0.3, 0.4) is 0 Å². The standard InChI is InChI=1S/C21H35N3O2S.HI/c25-27(26)8-7-16(14-27)11-22-21(23-20-10-15-5-6-17(20)9-15)24-12-18-3-1-2-4-19(18)13-24;/h15-20H,1-14H2,(H,22,23);1H. The molecule has 2 bridgehead atoms. The van der Waals surface area contributed by atoms with Gasteiger partial charge in [-0.2, -0.15) is 0 Å². The lowest BCUT2D eigenvalue weighted by atomic mass is 9.82. The zero-order valence-corrected chi connectivity index (χ0v) is 20.0. The molecule has 5 nitrogen and oxygen atoms in total. The van der Waals surface area contributed by atoms with Crippen molar-refractivity contribution < 1.29 is 8.42 Å². The van der Waals surface area contributed by atoms with Gasteiger partial charge in [-0.25, -0.2) is 8.42 Å². The lowest BCUT2D eigenvalue weighted by molar-refractivity contribution is 0.299. The molecule has 2 saturated heterocycles. The molecule has 6 unspecified atom stereocenters. The maximum Gasteiger partial charge on any atom is 0.194 e. The van der Waals surface area contributed by atoms with E-state index >= 15 is 0 Å². The highest BCUT2D eigenvalue weighted by molar-refractivity contribution is 14.0. The first-order valence-electron chi connectivity index (χ1n) is 11.3. The predicted octanol–water partition coefficient (Wildman–Crippen LogP) is 3.30. The Morgan fingerprint density at radius 1 is 0.964 bits per heavy atom. The molecule has 28 heavy (non-hydrogen) atoms. The molecule has 5 fully saturated rings. The molecule has 0 spiro atoms. The fourth-order valence-corrected chi connectivity index (χ4v) is 8.48. The summed E-state index contributed by atoms with van der Waals surface area (Å²) in [6.45, 7) is 2.98. The fourth-order valence-electron chi connectivity index (χ4n) is 6.63. The number of fused-ring (bicyclic) bond motifs is 3. The van der Waals surface area contributed by atoms with Crippen LogP contribution in [0.2, 0.25) is 0 Å². The summed E-state index contributed by atoms with van der Waals surface area (Å²) in [6.07, 6.45) is 11.8. The maximum atomic E-state index is 11.8. The van der Waals surface area contributed by atoms with Crippen LogP contribution in [0.25, 0.3) is 0 Å². The topological polar surface area (TPSA) is 61.8 Å². The minimum atomic E-state index is -2.81. The van der Waals surface area contributed by atoms with E-state index < -0.39 is 9.84 Å². The average molecular weight is 522 g/mol. The molecule has 0 aromatic carbocycles. The molecule has 0 aromatic heterocycles. The maximum absolute atomic E-state index is 11.8. The van der Waals surface area contributed by atoms with Crippen molar-refractivity contribution in [2.75, 3.05) is 31.1 Å². The Balaban J connectivity index is 0.00000192. The summed E-state index contributed by atoms with van der Waals surface area (Å²) in [5.74, 6) is 5.46. The lowest BCUT2D eigenvalue weighted by Crippen LogP contribution is -2.47. The van der Waals surface area contributed by atoms with Gasteiger partial charge in [-0.1, -0.05) is 19.3 Å². The highest BCUT2D eigenvalue weighted by Gasteiger charge is 2.42. The Kier molecular flexibility index (Phi) is 6.51. The number of nitrogens with zero attached hydrogens (tertiary/aromatic N) is 2. The molecule has 5 rings (SSSR count). The molecule has 6 atom stereocenters.